The smallest absolute Gasteiger partial charge is 0.337 e. The zero-order chi connectivity index (χ0) is 15.8. The number of hydrogen-bond acceptors (Lipinski definition) is 5. The molecule has 1 aromatic carbocycles. The summed E-state index contributed by atoms with van der Waals surface area (Å²) >= 11 is 0. The number of rotatable bonds is 6. The number of anilines is 1. The summed E-state index contributed by atoms with van der Waals surface area (Å²) in [4.78, 5) is 27.2. The van der Waals surface area contributed by atoms with Crippen LogP contribution in [-0.4, -0.2) is 30.5 Å². The monoisotopic (exact) mass is 299 g/mol. The Morgan fingerprint density at radius 3 is 2.55 bits per heavy atom. The van der Waals surface area contributed by atoms with E-state index in [1.54, 1.807) is 30.5 Å². The van der Waals surface area contributed by atoms with Crippen molar-refractivity contribution in [3.8, 4) is 0 Å². The van der Waals surface area contributed by atoms with E-state index in [-0.39, 0.29) is 12.5 Å². The van der Waals surface area contributed by atoms with Gasteiger partial charge in [0.2, 0.25) is 5.91 Å². The third-order valence-electron chi connectivity index (χ3n) is 2.91. The molecule has 22 heavy (non-hydrogen) atoms. The van der Waals surface area contributed by atoms with Crippen molar-refractivity contribution in [1.29, 1.82) is 0 Å². The van der Waals surface area contributed by atoms with E-state index >= 15 is 0 Å². The fourth-order valence-corrected chi connectivity index (χ4v) is 1.82. The van der Waals surface area contributed by atoms with Gasteiger partial charge in [0.25, 0.3) is 0 Å². The average molecular weight is 299 g/mol. The van der Waals surface area contributed by atoms with Crippen molar-refractivity contribution >= 4 is 17.6 Å². The lowest BCUT2D eigenvalue weighted by Gasteiger charge is -2.07. The Labute approximate surface area is 128 Å². The standard InChI is InChI=1S/C16H17N3O3/c1-22-16(21)12-5-7-13(8-6-12)19-15(20)11-17-10-14-4-2-3-9-18-14/h2-9,17H,10-11H2,1H3,(H,19,20). The molecule has 0 saturated heterocycles. The summed E-state index contributed by atoms with van der Waals surface area (Å²) in [7, 11) is 1.32. The molecule has 0 spiro atoms. The van der Waals surface area contributed by atoms with Gasteiger partial charge < -0.3 is 15.4 Å². The molecule has 6 nitrogen and oxygen atoms in total. The van der Waals surface area contributed by atoms with Crippen LogP contribution in [0.2, 0.25) is 0 Å². The molecule has 0 aliphatic heterocycles. The van der Waals surface area contributed by atoms with Crippen LogP contribution in [0.25, 0.3) is 0 Å². The highest BCUT2D eigenvalue weighted by Gasteiger charge is 2.06. The minimum Gasteiger partial charge on any atom is -0.465 e. The van der Waals surface area contributed by atoms with Crippen LogP contribution >= 0.6 is 0 Å². The quantitative estimate of drug-likeness (QED) is 0.792. The molecule has 0 fully saturated rings. The predicted molar refractivity (Wildman–Crippen MR) is 82.4 cm³/mol. The molecule has 0 bridgehead atoms. The number of pyridine rings is 1. The van der Waals surface area contributed by atoms with E-state index in [1.165, 1.54) is 7.11 Å². The minimum absolute atomic E-state index is 0.165. The second-order valence-electron chi connectivity index (χ2n) is 4.54. The van der Waals surface area contributed by atoms with Crippen LogP contribution in [0.5, 0.6) is 0 Å². The minimum atomic E-state index is -0.407. The lowest BCUT2D eigenvalue weighted by molar-refractivity contribution is -0.115. The Kier molecular flexibility index (Phi) is 5.62. The van der Waals surface area contributed by atoms with E-state index in [0.29, 0.717) is 17.8 Å². The first kappa shape index (κ1) is 15.7. The van der Waals surface area contributed by atoms with Gasteiger partial charge in [0.1, 0.15) is 0 Å². The first-order chi connectivity index (χ1) is 10.7. The zero-order valence-corrected chi connectivity index (χ0v) is 12.2. The number of carbonyl (C=O) groups excluding carboxylic acids is 2. The fourth-order valence-electron chi connectivity index (χ4n) is 1.82. The van der Waals surface area contributed by atoms with Gasteiger partial charge in [-0.2, -0.15) is 0 Å². The molecule has 114 valence electrons. The molecule has 1 heterocycles. The molecule has 2 rings (SSSR count). The second kappa shape index (κ2) is 7.90. The van der Waals surface area contributed by atoms with Crippen LogP contribution in [0.15, 0.2) is 48.7 Å². The molecule has 0 atom stereocenters. The molecule has 2 N–H and O–H groups in total. The van der Waals surface area contributed by atoms with Crippen molar-refractivity contribution in [2.45, 2.75) is 6.54 Å². The number of methoxy groups -OCH3 is 1. The van der Waals surface area contributed by atoms with E-state index in [9.17, 15) is 9.59 Å². The summed E-state index contributed by atoms with van der Waals surface area (Å²) in [5.74, 6) is -0.573. The first-order valence-electron chi connectivity index (χ1n) is 6.78. The van der Waals surface area contributed by atoms with Gasteiger partial charge in [-0.05, 0) is 36.4 Å². The fraction of sp³-hybridized carbons (Fsp3) is 0.188. The van der Waals surface area contributed by atoms with Crippen molar-refractivity contribution in [3.63, 3.8) is 0 Å². The lowest BCUT2D eigenvalue weighted by atomic mass is 10.2. The van der Waals surface area contributed by atoms with Crippen molar-refractivity contribution in [2.24, 2.45) is 0 Å². The zero-order valence-electron chi connectivity index (χ0n) is 12.2. The number of nitrogens with zero attached hydrogens (tertiary/aromatic N) is 1. The highest BCUT2D eigenvalue weighted by atomic mass is 16.5. The number of benzene rings is 1. The molecule has 1 amide bonds. The third-order valence-corrected chi connectivity index (χ3v) is 2.91. The van der Waals surface area contributed by atoms with E-state index in [2.05, 4.69) is 20.4 Å². The molecular weight excluding hydrogens is 282 g/mol. The van der Waals surface area contributed by atoms with Crippen LogP contribution in [0.3, 0.4) is 0 Å². The second-order valence-corrected chi connectivity index (χ2v) is 4.54. The van der Waals surface area contributed by atoms with Gasteiger partial charge in [-0.25, -0.2) is 4.79 Å². The average Bonchev–Trinajstić information content (AvgIpc) is 2.56. The van der Waals surface area contributed by atoms with E-state index in [1.807, 2.05) is 18.2 Å². The maximum Gasteiger partial charge on any atom is 0.337 e. The number of nitrogens with one attached hydrogen (secondary N) is 2. The Bertz CT molecular complexity index is 627. The molecule has 0 aliphatic rings. The predicted octanol–water partition coefficient (Wildman–Crippen LogP) is 1.60. The molecule has 0 radical (unpaired) electrons. The molecule has 0 saturated carbocycles. The van der Waals surface area contributed by atoms with Crippen molar-refractivity contribution < 1.29 is 14.3 Å². The Morgan fingerprint density at radius 1 is 1.14 bits per heavy atom. The molecule has 0 unspecified atom stereocenters. The highest BCUT2D eigenvalue weighted by molar-refractivity contribution is 5.93. The van der Waals surface area contributed by atoms with E-state index in [0.717, 1.165) is 5.69 Å². The molecular formula is C16H17N3O3. The van der Waals surface area contributed by atoms with Crippen LogP contribution in [0.4, 0.5) is 5.69 Å². The van der Waals surface area contributed by atoms with Gasteiger partial charge in [-0.15, -0.1) is 0 Å². The maximum absolute atomic E-state index is 11.8. The highest BCUT2D eigenvalue weighted by Crippen LogP contribution is 2.10. The summed E-state index contributed by atoms with van der Waals surface area (Å²) < 4.78 is 4.61. The van der Waals surface area contributed by atoms with Crippen LogP contribution in [-0.2, 0) is 16.1 Å². The van der Waals surface area contributed by atoms with Gasteiger partial charge in [-0.1, -0.05) is 6.07 Å². The van der Waals surface area contributed by atoms with Crippen LogP contribution in [0, 0.1) is 0 Å². The van der Waals surface area contributed by atoms with Crippen LogP contribution in [0.1, 0.15) is 16.1 Å². The van der Waals surface area contributed by atoms with Gasteiger partial charge >= 0.3 is 5.97 Å². The molecule has 1 aromatic heterocycles. The van der Waals surface area contributed by atoms with Gasteiger partial charge in [0, 0.05) is 18.4 Å². The molecule has 2 aromatic rings. The largest absolute Gasteiger partial charge is 0.465 e. The number of amides is 1. The number of hydrogen-bond donors (Lipinski definition) is 2. The molecule has 0 aliphatic carbocycles. The summed E-state index contributed by atoms with van der Waals surface area (Å²) in [6, 6.07) is 12.1. The van der Waals surface area contributed by atoms with Gasteiger partial charge in [0.15, 0.2) is 0 Å². The normalized spacial score (nSPS) is 10.0. The molecule has 6 heteroatoms. The van der Waals surface area contributed by atoms with Crippen LogP contribution < -0.4 is 10.6 Å². The van der Waals surface area contributed by atoms with Crippen molar-refractivity contribution in [3.05, 3.63) is 59.9 Å². The topological polar surface area (TPSA) is 80.3 Å². The Morgan fingerprint density at radius 2 is 1.91 bits per heavy atom. The number of carbonyl (C=O) groups is 2. The van der Waals surface area contributed by atoms with E-state index < -0.39 is 5.97 Å². The maximum atomic E-state index is 11.8. The Balaban J connectivity index is 1.78. The van der Waals surface area contributed by atoms with Crippen molar-refractivity contribution in [1.82, 2.24) is 10.3 Å². The number of ether oxygens (including phenoxy) is 1. The number of aromatic nitrogens is 1. The van der Waals surface area contributed by atoms with E-state index in [4.69, 9.17) is 0 Å². The third kappa shape index (κ3) is 4.68. The first-order valence-corrected chi connectivity index (χ1v) is 6.78. The summed E-state index contributed by atoms with van der Waals surface area (Å²) in [6.07, 6.45) is 1.71. The number of esters is 1. The summed E-state index contributed by atoms with van der Waals surface area (Å²) in [5, 5.41) is 5.75. The SMILES string of the molecule is COC(=O)c1ccc(NC(=O)CNCc2ccccn2)cc1. The van der Waals surface area contributed by atoms with Gasteiger partial charge in [-0.3, -0.25) is 9.78 Å². The Hall–Kier alpha value is -2.73. The van der Waals surface area contributed by atoms with Crippen molar-refractivity contribution in [2.75, 3.05) is 19.0 Å². The lowest BCUT2D eigenvalue weighted by Crippen LogP contribution is -2.27. The summed E-state index contributed by atoms with van der Waals surface area (Å²) in [5.41, 5.74) is 1.93. The van der Waals surface area contributed by atoms with Gasteiger partial charge in [0.05, 0.1) is 24.9 Å². The summed E-state index contributed by atoms with van der Waals surface area (Å²) in [6.45, 7) is 0.699.